The van der Waals surface area contributed by atoms with Gasteiger partial charge in [-0.1, -0.05) is 36.1 Å². The van der Waals surface area contributed by atoms with Gasteiger partial charge in [0.2, 0.25) is 10.0 Å². The molecule has 3 aromatic carbocycles. The molecule has 0 aromatic heterocycles. The van der Waals surface area contributed by atoms with Gasteiger partial charge in [-0.2, -0.15) is 4.31 Å². The van der Waals surface area contributed by atoms with Gasteiger partial charge in [0.25, 0.3) is 5.91 Å². The Morgan fingerprint density at radius 1 is 0.951 bits per heavy atom. The third-order valence-corrected chi connectivity index (χ3v) is 8.16. The zero-order valence-corrected chi connectivity index (χ0v) is 23.0. The maximum absolute atomic E-state index is 14.6. The van der Waals surface area contributed by atoms with Crippen molar-refractivity contribution in [2.24, 2.45) is 0 Å². The maximum atomic E-state index is 14.6. The number of hydrogen-bond acceptors (Lipinski definition) is 7. The van der Waals surface area contributed by atoms with Gasteiger partial charge < -0.3 is 19.1 Å². The Kier molecular flexibility index (Phi) is 9.34. The van der Waals surface area contributed by atoms with Crippen LogP contribution in [0.2, 0.25) is 0 Å². The summed E-state index contributed by atoms with van der Waals surface area (Å²) < 4.78 is 72.6. The molecule has 0 aliphatic carbocycles. The van der Waals surface area contributed by atoms with Crippen molar-refractivity contribution in [1.82, 2.24) is 4.31 Å². The molecule has 4 rings (SSSR count). The molecule has 1 amide bonds. The van der Waals surface area contributed by atoms with E-state index in [0.717, 1.165) is 28.4 Å². The number of esters is 1. The molecule has 1 heterocycles. The van der Waals surface area contributed by atoms with Crippen molar-refractivity contribution < 1.29 is 41.0 Å². The van der Waals surface area contributed by atoms with E-state index in [1.54, 1.807) is 18.2 Å². The first kappa shape index (κ1) is 29.7. The fraction of sp³-hybridized carbons (Fsp3) is 0.241. The van der Waals surface area contributed by atoms with Crippen LogP contribution in [0.25, 0.3) is 0 Å². The fourth-order valence-corrected chi connectivity index (χ4v) is 5.82. The Balaban J connectivity index is 1.71. The van der Waals surface area contributed by atoms with Gasteiger partial charge in [-0.25, -0.2) is 17.2 Å². The van der Waals surface area contributed by atoms with E-state index in [4.69, 9.17) is 14.2 Å². The quantitative estimate of drug-likeness (QED) is 0.310. The number of hydrogen-bond donors (Lipinski definition) is 0. The highest BCUT2D eigenvalue weighted by Gasteiger charge is 2.42. The molecule has 1 atom stereocenters. The van der Waals surface area contributed by atoms with E-state index in [0.29, 0.717) is 11.3 Å². The minimum atomic E-state index is -4.35. The zero-order chi connectivity index (χ0) is 29.6. The largest absolute Gasteiger partial charge is 0.481 e. The first-order chi connectivity index (χ1) is 19.7. The Morgan fingerprint density at radius 2 is 1.66 bits per heavy atom. The summed E-state index contributed by atoms with van der Waals surface area (Å²) in [5.41, 5.74) is 0.0375. The standard InChI is InChI=1S/C29H26F2N2O7S/c1-38-16-5-6-17-40-21-12-14-22(15-13-21)41(36,37)33-18-20-8-3-4-11-25(20)32(19-26(33)29(35)39-2)28(34)23-9-7-10-24(30)27(23)31/h3-4,7-15,26H,16-19H2,1-2H3. The molecule has 9 nitrogen and oxygen atoms in total. The number of benzene rings is 3. The number of sulfonamides is 1. The molecule has 12 heteroatoms. The van der Waals surface area contributed by atoms with E-state index in [2.05, 4.69) is 11.8 Å². The number of rotatable bonds is 7. The predicted molar refractivity (Wildman–Crippen MR) is 145 cm³/mol. The molecule has 0 N–H and O–H groups in total. The van der Waals surface area contributed by atoms with Crippen molar-refractivity contribution >= 4 is 27.6 Å². The van der Waals surface area contributed by atoms with Crippen LogP contribution >= 0.6 is 0 Å². The summed E-state index contributed by atoms with van der Waals surface area (Å²) >= 11 is 0. The highest BCUT2D eigenvalue weighted by molar-refractivity contribution is 7.89. The second kappa shape index (κ2) is 12.9. The van der Waals surface area contributed by atoms with Crippen LogP contribution < -0.4 is 9.64 Å². The Morgan fingerprint density at radius 3 is 2.37 bits per heavy atom. The Labute approximate surface area is 236 Å². The lowest BCUT2D eigenvalue weighted by Crippen LogP contribution is -2.50. The van der Waals surface area contributed by atoms with Crippen molar-refractivity contribution in [3.05, 3.63) is 89.5 Å². The number of carbonyl (C=O) groups excluding carboxylic acids is 2. The summed E-state index contributed by atoms with van der Waals surface area (Å²) in [5.74, 6) is 1.40. The average Bonchev–Trinajstić information content (AvgIpc) is 3.16. The molecule has 1 aliphatic rings. The number of ether oxygens (including phenoxy) is 3. The highest BCUT2D eigenvalue weighted by Crippen LogP contribution is 2.33. The van der Waals surface area contributed by atoms with Crippen LogP contribution in [0.4, 0.5) is 14.5 Å². The lowest BCUT2D eigenvalue weighted by Gasteiger charge is -2.29. The molecular formula is C29H26F2N2O7S. The molecule has 1 unspecified atom stereocenters. The van der Waals surface area contributed by atoms with Gasteiger partial charge >= 0.3 is 5.97 Å². The van der Waals surface area contributed by atoms with Crippen molar-refractivity contribution in [2.75, 3.05) is 38.9 Å². The topological polar surface area (TPSA) is 102 Å². The van der Waals surface area contributed by atoms with Gasteiger partial charge in [-0.3, -0.25) is 9.59 Å². The number of amides is 1. The maximum Gasteiger partial charge on any atom is 0.326 e. The van der Waals surface area contributed by atoms with Gasteiger partial charge in [0, 0.05) is 19.3 Å². The Bertz CT molecular complexity index is 1600. The Hall–Kier alpha value is -4.31. The smallest absolute Gasteiger partial charge is 0.326 e. The molecule has 0 radical (unpaired) electrons. The lowest BCUT2D eigenvalue weighted by atomic mass is 10.1. The number of methoxy groups -OCH3 is 2. The number of para-hydroxylation sites is 1. The molecule has 0 fully saturated rings. The van der Waals surface area contributed by atoms with E-state index in [1.165, 1.54) is 43.5 Å². The summed E-state index contributed by atoms with van der Waals surface area (Å²) in [5, 5.41) is 0. The average molecular weight is 585 g/mol. The van der Waals surface area contributed by atoms with E-state index in [-0.39, 0.29) is 30.3 Å². The van der Waals surface area contributed by atoms with Gasteiger partial charge in [0.15, 0.2) is 11.6 Å². The first-order valence-corrected chi connectivity index (χ1v) is 13.7. The normalized spacial score (nSPS) is 15.2. The van der Waals surface area contributed by atoms with E-state index in [9.17, 15) is 26.8 Å². The second-order valence-corrected chi connectivity index (χ2v) is 10.7. The van der Waals surface area contributed by atoms with Gasteiger partial charge in [0.1, 0.15) is 25.0 Å². The summed E-state index contributed by atoms with van der Waals surface area (Å²) in [4.78, 5) is 27.4. The molecule has 0 spiro atoms. The number of fused-ring (bicyclic) bond motifs is 1. The van der Waals surface area contributed by atoms with Crippen LogP contribution in [-0.4, -0.2) is 64.6 Å². The van der Waals surface area contributed by atoms with E-state index < -0.39 is 51.7 Å². The molecule has 3 aromatic rings. The second-order valence-electron chi connectivity index (χ2n) is 8.78. The number of carbonyl (C=O) groups is 2. The molecule has 214 valence electrons. The number of halogens is 2. The SMILES string of the molecule is COCC#CCOc1ccc(S(=O)(=O)N2Cc3ccccc3N(C(=O)c3cccc(F)c3F)CC2C(=O)OC)cc1. The molecular weight excluding hydrogens is 558 g/mol. The van der Waals surface area contributed by atoms with E-state index in [1.807, 2.05) is 0 Å². The van der Waals surface area contributed by atoms with E-state index >= 15 is 0 Å². The molecule has 0 bridgehead atoms. The minimum absolute atomic E-state index is 0.0680. The van der Waals surface area contributed by atoms with Gasteiger partial charge in [-0.15, -0.1) is 0 Å². The van der Waals surface area contributed by atoms with Crippen LogP contribution in [0, 0.1) is 23.5 Å². The third kappa shape index (κ3) is 6.38. The molecule has 41 heavy (non-hydrogen) atoms. The predicted octanol–water partition coefficient (Wildman–Crippen LogP) is 3.39. The van der Waals surface area contributed by atoms with Gasteiger partial charge in [-0.05, 0) is 48.0 Å². The van der Waals surface area contributed by atoms with Crippen LogP contribution in [0.3, 0.4) is 0 Å². The molecule has 0 saturated carbocycles. The van der Waals surface area contributed by atoms with Gasteiger partial charge in [0.05, 0.1) is 24.1 Å². The summed E-state index contributed by atoms with van der Waals surface area (Å²) in [6, 6.07) is 13.6. The number of anilines is 1. The van der Waals surface area contributed by atoms with Crippen LogP contribution in [-0.2, 0) is 30.8 Å². The lowest BCUT2D eigenvalue weighted by molar-refractivity contribution is -0.144. The summed E-state index contributed by atoms with van der Waals surface area (Å²) in [6.45, 7) is -0.500. The van der Waals surface area contributed by atoms with Crippen LogP contribution in [0.1, 0.15) is 15.9 Å². The fourth-order valence-electron chi connectivity index (χ4n) is 4.27. The van der Waals surface area contributed by atoms with Crippen LogP contribution in [0.15, 0.2) is 71.6 Å². The van der Waals surface area contributed by atoms with Crippen molar-refractivity contribution in [3.8, 4) is 17.6 Å². The minimum Gasteiger partial charge on any atom is -0.481 e. The number of nitrogens with zero attached hydrogens (tertiary/aromatic N) is 2. The molecule has 0 saturated heterocycles. The highest BCUT2D eigenvalue weighted by atomic mass is 32.2. The zero-order valence-electron chi connectivity index (χ0n) is 22.2. The third-order valence-electron chi connectivity index (χ3n) is 6.29. The van der Waals surface area contributed by atoms with Crippen molar-refractivity contribution in [2.45, 2.75) is 17.5 Å². The summed E-state index contributed by atoms with van der Waals surface area (Å²) in [6.07, 6.45) is 0. The monoisotopic (exact) mass is 584 g/mol. The molecule has 1 aliphatic heterocycles. The first-order valence-electron chi connectivity index (χ1n) is 12.3. The van der Waals surface area contributed by atoms with Crippen molar-refractivity contribution in [3.63, 3.8) is 0 Å². The van der Waals surface area contributed by atoms with Crippen LogP contribution in [0.5, 0.6) is 5.75 Å². The van der Waals surface area contributed by atoms with Crippen molar-refractivity contribution in [1.29, 1.82) is 0 Å². The summed E-state index contributed by atoms with van der Waals surface area (Å²) in [7, 11) is -1.75.